The molecular formula is C12H3ClN4O4S. The standard InChI is InChI=1S/C12H3ClN4O4S/c13-7-5(6-10(20)16-12(22)17-11(6)21)8(18)3(1-14)4(2-15)9(7)19/h(H3,16,17,20,21,22). The monoisotopic (exact) mass is 334 g/mol. The lowest BCUT2D eigenvalue weighted by molar-refractivity contribution is -0.114. The lowest BCUT2D eigenvalue weighted by Gasteiger charge is -2.14. The van der Waals surface area contributed by atoms with Crippen molar-refractivity contribution in [2.45, 2.75) is 0 Å². The maximum absolute atomic E-state index is 12.2. The number of hydrogen-bond acceptors (Lipinski definition) is 7. The van der Waals surface area contributed by atoms with Crippen LogP contribution in [-0.2, 0) is 9.59 Å². The first-order chi connectivity index (χ1) is 10.3. The molecule has 1 aliphatic carbocycles. The van der Waals surface area contributed by atoms with Crippen molar-refractivity contribution in [3.63, 3.8) is 0 Å². The Labute approximate surface area is 131 Å². The maximum atomic E-state index is 12.2. The lowest BCUT2D eigenvalue weighted by atomic mass is 9.87. The number of H-pyrrole nitrogens is 2. The van der Waals surface area contributed by atoms with Gasteiger partial charge in [0.2, 0.25) is 17.4 Å². The zero-order valence-electron chi connectivity index (χ0n) is 10.4. The number of hydrogen-bond donors (Lipinski definition) is 3. The van der Waals surface area contributed by atoms with E-state index in [0.29, 0.717) is 0 Å². The second-order valence-corrected chi connectivity index (χ2v) is 4.74. The van der Waals surface area contributed by atoms with Gasteiger partial charge in [-0.25, -0.2) is 0 Å². The van der Waals surface area contributed by atoms with E-state index in [1.807, 2.05) is 0 Å². The third-order valence-electron chi connectivity index (χ3n) is 2.75. The molecule has 0 fully saturated rings. The quantitative estimate of drug-likeness (QED) is 0.502. The van der Waals surface area contributed by atoms with Crippen LogP contribution in [0.15, 0.2) is 21.0 Å². The molecule has 1 aromatic heterocycles. The van der Waals surface area contributed by atoms with E-state index in [0.717, 1.165) is 0 Å². The number of nitrogens with zero attached hydrogens (tertiary/aromatic N) is 2. The highest BCUT2D eigenvalue weighted by Gasteiger charge is 2.37. The summed E-state index contributed by atoms with van der Waals surface area (Å²) in [5.41, 5.74) is -3.77. The number of aromatic amines is 2. The number of aromatic hydroxyl groups is 1. The summed E-state index contributed by atoms with van der Waals surface area (Å²) >= 11 is 10.4. The van der Waals surface area contributed by atoms with Crippen LogP contribution in [0.2, 0.25) is 0 Å². The van der Waals surface area contributed by atoms with Crippen LogP contribution in [0.4, 0.5) is 0 Å². The molecule has 0 spiro atoms. The summed E-state index contributed by atoms with van der Waals surface area (Å²) in [5, 5.41) is 26.8. The van der Waals surface area contributed by atoms with Gasteiger partial charge in [-0.1, -0.05) is 11.6 Å². The fourth-order valence-electron chi connectivity index (χ4n) is 1.82. The highest BCUT2D eigenvalue weighted by atomic mass is 35.5. The molecule has 3 N–H and O–H groups in total. The van der Waals surface area contributed by atoms with E-state index in [4.69, 9.17) is 22.1 Å². The number of allylic oxidation sites excluding steroid dienone is 4. The third kappa shape index (κ3) is 2.15. The molecule has 8 nitrogen and oxygen atoms in total. The number of rotatable bonds is 1. The highest BCUT2D eigenvalue weighted by molar-refractivity contribution is 7.71. The second kappa shape index (κ2) is 5.41. The Morgan fingerprint density at radius 3 is 2.09 bits per heavy atom. The van der Waals surface area contributed by atoms with Crippen LogP contribution in [0.25, 0.3) is 5.57 Å². The molecule has 0 amide bonds. The normalized spacial score (nSPS) is 14.9. The van der Waals surface area contributed by atoms with Crippen LogP contribution in [0.3, 0.4) is 0 Å². The van der Waals surface area contributed by atoms with Gasteiger partial charge in [0.25, 0.3) is 5.56 Å². The smallest absolute Gasteiger partial charge is 0.263 e. The first kappa shape index (κ1) is 15.4. The molecule has 22 heavy (non-hydrogen) atoms. The number of carbonyl (C=O) groups excluding carboxylic acids is 2. The van der Waals surface area contributed by atoms with Crippen LogP contribution >= 0.6 is 23.8 Å². The molecule has 0 atom stereocenters. The zero-order chi connectivity index (χ0) is 16.6. The summed E-state index contributed by atoms with van der Waals surface area (Å²) in [6.07, 6.45) is 0. The molecule has 108 valence electrons. The average Bonchev–Trinajstić information content (AvgIpc) is 2.45. The van der Waals surface area contributed by atoms with Crippen LogP contribution in [0.5, 0.6) is 5.88 Å². The van der Waals surface area contributed by atoms with Crippen LogP contribution in [0.1, 0.15) is 5.56 Å². The predicted octanol–water partition coefficient (Wildman–Crippen LogP) is 0.584. The predicted molar refractivity (Wildman–Crippen MR) is 75.0 cm³/mol. The number of halogens is 1. The van der Waals surface area contributed by atoms with Gasteiger partial charge in [-0.05, 0) is 12.2 Å². The maximum Gasteiger partial charge on any atom is 0.263 e. The molecule has 0 bridgehead atoms. The molecule has 0 unspecified atom stereocenters. The summed E-state index contributed by atoms with van der Waals surface area (Å²) in [7, 11) is 0. The van der Waals surface area contributed by atoms with Gasteiger partial charge in [0.1, 0.15) is 33.9 Å². The van der Waals surface area contributed by atoms with Crippen molar-refractivity contribution in [2.75, 3.05) is 0 Å². The summed E-state index contributed by atoms with van der Waals surface area (Å²) in [4.78, 5) is 40.4. The van der Waals surface area contributed by atoms with Crippen molar-refractivity contribution >= 4 is 41.0 Å². The molecule has 1 heterocycles. The molecule has 0 saturated carbocycles. The highest BCUT2D eigenvalue weighted by Crippen LogP contribution is 2.34. The molecule has 0 aliphatic heterocycles. The number of carbonyl (C=O) groups is 2. The van der Waals surface area contributed by atoms with E-state index in [9.17, 15) is 19.5 Å². The van der Waals surface area contributed by atoms with Gasteiger partial charge in [0.15, 0.2) is 4.77 Å². The van der Waals surface area contributed by atoms with Crippen LogP contribution in [0, 0.1) is 27.4 Å². The van der Waals surface area contributed by atoms with E-state index >= 15 is 0 Å². The van der Waals surface area contributed by atoms with E-state index in [1.54, 1.807) is 0 Å². The van der Waals surface area contributed by atoms with Gasteiger partial charge in [0, 0.05) is 0 Å². The van der Waals surface area contributed by atoms with Gasteiger partial charge >= 0.3 is 0 Å². The number of aromatic nitrogens is 2. The van der Waals surface area contributed by atoms with Gasteiger partial charge in [-0.15, -0.1) is 0 Å². The molecule has 1 aromatic rings. The van der Waals surface area contributed by atoms with Gasteiger partial charge in [0.05, 0.1) is 5.57 Å². The molecule has 0 saturated heterocycles. The van der Waals surface area contributed by atoms with Crippen LogP contribution in [-0.4, -0.2) is 26.6 Å². The number of nitriles is 2. The van der Waals surface area contributed by atoms with Crippen molar-refractivity contribution in [2.24, 2.45) is 0 Å². The molecule has 10 heteroatoms. The third-order valence-corrected chi connectivity index (χ3v) is 3.31. The fraction of sp³-hybridized carbons (Fsp3) is 0. The lowest BCUT2D eigenvalue weighted by Crippen LogP contribution is -2.25. The fourth-order valence-corrected chi connectivity index (χ4v) is 2.28. The van der Waals surface area contributed by atoms with E-state index in [-0.39, 0.29) is 4.77 Å². The Morgan fingerprint density at radius 2 is 1.59 bits per heavy atom. The summed E-state index contributed by atoms with van der Waals surface area (Å²) in [6.45, 7) is 0. The Kier molecular flexibility index (Phi) is 3.78. The minimum Gasteiger partial charge on any atom is -0.494 e. The number of Topliss-reactive ketones (excluding diaryl/α,β-unsaturated/α-hetero) is 2. The second-order valence-electron chi connectivity index (χ2n) is 3.95. The first-order valence-corrected chi connectivity index (χ1v) is 6.21. The van der Waals surface area contributed by atoms with Gasteiger partial charge in [-0.3, -0.25) is 19.4 Å². The molecular weight excluding hydrogens is 332 g/mol. The SMILES string of the molecule is N#CC1=C(C#N)C(=O)C(c2c(O)[nH]c(=S)[nH]c2=O)=C(Cl)C1=O. The van der Waals surface area contributed by atoms with Crippen molar-refractivity contribution in [1.29, 1.82) is 10.5 Å². The summed E-state index contributed by atoms with van der Waals surface area (Å²) in [5.74, 6) is -2.99. The largest absolute Gasteiger partial charge is 0.494 e. The first-order valence-electron chi connectivity index (χ1n) is 5.43. The molecule has 0 radical (unpaired) electrons. The van der Waals surface area contributed by atoms with Crippen LogP contribution < -0.4 is 5.56 Å². The summed E-state index contributed by atoms with van der Waals surface area (Å²) in [6, 6.07) is 2.85. The van der Waals surface area contributed by atoms with E-state index in [1.165, 1.54) is 12.1 Å². The topological polar surface area (TPSA) is 151 Å². The van der Waals surface area contributed by atoms with Crippen molar-refractivity contribution in [3.8, 4) is 18.0 Å². The van der Waals surface area contributed by atoms with Crippen molar-refractivity contribution < 1.29 is 14.7 Å². The van der Waals surface area contributed by atoms with Gasteiger partial charge in [-0.2, -0.15) is 10.5 Å². The van der Waals surface area contributed by atoms with Gasteiger partial charge < -0.3 is 10.1 Å². The summed E-state index contributed by atoms with van der Waals surface area (Å²) < 4.78 is -0.216. The van der Waals surface area contributed by atoms with Crippen molar-refractivity contribution in [1.82, 2.24) is 9.97 Å². The van der Waals surface area contributed by atoms with E-state index in [2.05, 4.69) is 22.2 Å². The Hall–Kier alpha value is -3.01. The van der Waals surface area contributed by atoms with E-state index < -0.39 is 50.3 Å². The zero-order valence-corrected chi connectivity index (χ0v) is 11.9. The molecule has 1 aliphatic rings. The molecule has 2 rings (SSSR count). The number of nitrogens with one attached hydrogen (secondary N) is 2. The minimum absolute atomic E-state index is 0.216. The Morgan fingerprint density at radius 1 is 1.05 bits per heavy atom. The Bertz CT molecular complexity index is 1000. The number of ketones is 2. The molecule has 0 aromatic carbocycles. The average molecular weight is 335 g/mol. The Balaban J connectivity index is 2.88. The van der Waals surface area contributed by atoms with Crippen molar-refractivity contribution in [3.05, 3.63) is 36.9 Å². The minimum atomic E-state index is -1.12.